The smallest absolute Gasteiger partial charge is 0.323 e. The zero-order valence-corrected chi connectivity index (χ0v) is 13.8. The molecule has 0 aliphatic heterocycles. The van der Waals surface area contributed by atoms with E-state index in [0.29, 0.717) is 5.92 Å². The number of amides is 1. The fourth-order valence-corrected chi connectivity index (χ4v) is 2.40. The van der Waals surface area contributed by atoms with Gasteiger partial charge in [0.25, 0.3) is 0 Å². The Hall–Kier alpha value is -2.04. The Bertz CT molecular complexity index is 488. The molecule has 0 heterocycles. The summed E-state index contributed by atoms with van der Waals surface area (Å²) in [6, 6.07) is 9.29. The molecule has 1 atom stereocenters. The van der Waals surface area contributed by atoms with E-state index in [2.05, 4.69) is 13.8 Å². The molecule has 0 radical (unpaired) electrons. The van der Waals surface area contributed by atoms with Crippen molar-refractivity contribution in [1.82, 2.24) is 4.90 Å². The Balaban J connectivity index is 2.77. The number of likely N-dealkylation sites (N-methyl/N-ethyl adjacent to an activating group) is 1. The molecule has 0 aromatic heterocycles. The van der Waals surface area contributed by atoms with Crippen LogP contribution in [0.3, 0.4) is 0 Å². The van der Waals surface area contributed by atoms with E-state index in [1.54, 1.807) is 16.8 Å². The highest BCUT2D eigenvalue weighted by molar-refractivity contribution is 5.84. The molecule has 5 heteroatoms. The van der Waals surface area contributed by atoms with Gasteiger partial charge in [0.15, 0.2) is 0 Å². The number of carbonyl (C=O) groups excluding carboxylic acids is 1. The van der Waals surface area contributed by atoms with Gasteiger partial charge in [-0.25, -0.2) is 0 Å². The first-order chi connectivity index (χ1) is 10.3. The number of carbonyl (C=O) groups is 2. The molecule has 0 aliphatic rings. The number of nitrogens with zero attached hydrogens (tertiary/aromatic N) is 2. The predicted molar refractivity (Wildman–Crippen MR) is 88.0 cm³/mol. The second kappa shape index (κ2) is 8.41. The summed E-state index contributed by atoms with van der Waals surface area (Å²) in [5.41, 5.74) is 0.739. The summed E-state index contributed by atoms with van der Waals surface area (Å²) >= 11 is 0. The maximum Gasteiger partial charge on any atom is 0.323 e. The summed E-state index contributed by atoms with van der Waals surface area (Å²) in [5, 5.41) is 9.06. The number of anilines is 1. The quantitative estimate of drug-likeness (QED) is 0.801. The standard InChI is InChI=1S/C17H26N2O3/c1-13(2)10-14(3)18(4)16(20)11-19(12-17(21)22)15-8-6-5-7-9-15/h5-9,13-14H,10-12H2,1-4H3,(H,21,22). The van der Waals surface area contributed by atoms with Crippen molar-refractivity contribution >= 4 is 17.6 Å². The van der Waals surface area contributed by atoms with Crippen molar-refractivity contribution < 1.29 is 14.7 Å². The van der Waals surface area contributed by atoms with Crippen LogP contribution in [0.5, 0.6) is 0 Å². The second-order valence-corrected chi connectivity index (χ2v) is 6.07. The zero-order valence-electron chi connectivity index (χ0n) is 13.8. The second-order valence-electron chi connectivity index (χ2n) is 6.07. The Morgan fingerprint density at radius 2 is 1.68 bits per heavy atom. The van der Waals surface area contributed by atoms with Gasteiger partial charge in [-0.05, 0) is 31.4 Å². The molecule has 0 fully saturated rings. The summed E-state index contributed by atoms with van der Waals surface area (Å²) in [7, 11) is 1.78. The van der Waals surface area contributed by atoms with Crippen LogP contribution in [0.1, 0.15) is 27.2 Å². The third-order valence-corrected chi connectivity index (χ3v) is 3.64. The molecule has 122 valence electrons. The van der Waals surface area contributed by atoms with Gasteiger partial charge < -0.3 is 14.9 Å². The highest BCUT2D eigenvalue weighted by Crippen LogP contribution is 2.15. The summed E-state index contributed by atoms with van der Waals surface area (Å²) in [6.07, 6.45) is 0.923. The van der Waals surface area contributed by atoms with Crippen LogP contribution in [0, 0.1) is 5.92 Å². The Morgan fingerprint density at radius 3 is 2.18 bits per heavy atom. The van der Waals surface area contributed by atoms with Crippen LogP contribution in [0.25, 0.3) is 0 Å². The SMILES string of the molecule is CC(C)CC(C)N(C)C(=O)CN(CC(=O)O)c1ccccc1. The van der Waals surface area contributed by atoms with Gasteiger partial charge >= 0.3 is 5.97 Å². The number of rotatable bonds is 8. The molecule has 0 aliphatic carbocycles. The van der Waals surface area contributed by atoms with Gasteiger partial charge in [0.05, 0.1) is 6.54 Å². The van der Waals surface area contributed by atoms with E-state index in [1.165, 1.54) is 0 Å². The molecule has 0 saturated carbocycles. The van der Waals surface area contributed by atoms with Crippen molar-refractivity contribution in [3.63, 3.8) is 0 Å². The normalized spacial score (nSPS) is 12.0. The maximum atomic E-state index is 12.4. The Morgan fingerprint density at radius 1 is 1.09 bits per heavy atom. The monoisotopic (exact) mass is 306 g/mol. The molecule has 5 nitrogen and oxygen atoms in total. The third-order valence-electron chi connectivity index (χ3n) is 3.64. The van der Waals surface area contributed by atoms with Gasteiger partial charge in [-0.15, -0.1) is 0 Å². The number of hydrogen-bond donors (Lipinski definition) is 1. The van der Waals surface area contributed by atoms with Crippen molar-refractivity contribution in [2.24, 2.45) is 5.92 Å². The first-order valence-corrected chi connectivity index (χ1v) is 7.58. The van der Waals surface area contributed by atoms with Gasteiger partial charge in [0, 0.05) is 18.8 Å². The van der Waals surface area contributed by atoms with E-state index in [-0.39, 0.29) is 25.0 Å². The molecule has 0 bridgehead atoms. The minimum absolute atomic E-state index is 0.0647. The van der Waals surface area contributed by atoms with Crippen molar-refractivity contribution in [3.05, 3.63) is 30.3 Å². The van der Waals surface area contributed by atoms with Gasteiger partial charge in [-0.2, -0.15) is 0 Å². The van der Waals surface area contributed by atoms with Crippen LogP contribution in [0.15, 0.2) is 30.3 Å². The average molecular weight is 306 g/mol. The first kappa shape index (κ1) is 18.0. The summed E-state index contributed by atoms with van der Waals surface area (Å²) < 4.78 is 0. The molecule has 1 aromatic rings. The molecule has 0 saturated heterocycles. The average Bonchev–Trinajstić information content (AvgIpc) is 2.45. The Kier molecular flexibility index (Phi) is 6.89. The Labute approximate surface area is 132 Å². The molecule has 1 N–H and O–H groups in total. The third kappa shape index (κ3) is 5.76. The van der Waals surface area contributed by atoms with Crippen LogP contribution in [0.4, 0.5) is 5.69 Å². The van der Waals surface area contributed by atoms with Crippen LogP contribution in [0.2, 0.25) is 0 Å². The molecule has 1 aromatic carbocycles. The number of aliphatic carboxylic acids is 1. The fourth-order valence-electron chi connectivity index (χ4n) is 2.40. The summed E-state index contributed by atoms with van der Waals surface area (Å²) in [4.78, 5) is 26.8. The van der Waals surface area contributed by atoms with Gasteiger partial charge in [-0.3, -0.25) is 9.59 Å². The number of benzene rings is 1. The van der Waals surface area contributed by atoms with Gasteiger partial charge in [0.2, 0.25) is 5.91 Å². The highest BCUT2D eigenvalue weighted by Gasteiger charge is 2.21. The van der Waals surface area contributed by atoms with Crippen LogP contribution in [-0.4, -0.2) is 48.1 Å². The van der Waals surface area contributed by atoms with Gasteiger partial charge in [0.1, 0.15) is 6.54 Å². The van der Waals surface area contributed by atoms with E-state index >= 15 is 0 Å². The molecule has 22 heavy (non-hydrogen) atoms. The lowest BCUT2D eigenvalue weighted by Crippen LogP contribution is -2.44. The fraction of sp³-hybridized carbons (Fsp3) is 0.529. The van der Waals surface area contributed by atoms with E-state index in [0.717, 1.165) is 12.1 Å². The molecular formula is C17H26N2O3. The topological polar surface area (TPSA) is 60.9 Å². The van der Waals surface area contributed by atoms with E-state index in [1.807, 2.05) is 37.3 Å². The van der Waals surface area contributed by atoms with Crippen molar-refractivity contribution in [2.75, 3.05) is 25.0 Å². The largest absolute Gasteiger partial charge is 0.480 e. The summed E-state index contributed by atoms with van der Waals surface area (Å²) in [6.45, 7) is 6.13. The van der Waals surface area contributed by atoms with Crippen molar-refractivity contribution in [3.8, 4) is 0 Å². The van der Waals surface area contributed by atoms with Crippen LogP contribution in [-0.2, 0) is 9.59 Å². The lowest BCUT2D eigenvalue weighted by molar-refractivity contribution is -0.135. The lowest BCUT2D eigenvalue weighted by atomic mass is 10.0. The van der Waals surface area contributed by atoms with E-state index < -0.39 is 5.97 Å². The van der Waals surface area contributed by atoms with E-state index in [4.69, 9.17) is 5.11 Å². The molecule has 0 spiro atoms. The van der Waals surface area contributed by atoms with Crippen molar-refractivity contribution in [2.45, 2.75) is 33.2 Å². The first-order valence-electron chi connectivity index (χ1n) is 7.58. The maximum absolute atomic E-state index is 12.4. The van der Waals surface area contributed by atoms with Gasteiger partial charge in [-0.1, -0.05) is 32.0 Å². The summed E-state index contributed by atoms with van der Waals surface area (Å²) in [5.74, 6) is -0.512. The molecule has 1 unspecified atom stereocenters. The van der Waals surface area contributed by atoms with Crippen LogP contribution >= 0.6 is 0 Å². The number of hydrogen-bond acceptors (Lipinski definition) is 3. The molecule has 1 rings (SSSR count). The minimum atomic E-state index is -0.950. The van der Waals surface area contributed by atoms with E-state index in [9.17, 15) is 9.59 Å². The van der Waals surface area contributed by atoms with Crippen LogP contribution < -0.4 is 4.90 Å². The lowest BCUT2D eigenvalue weighted by Gasteiger charge is -2.30. The highest BCUT2D eigenvalue weighted by atomic mass is 16.4. The number of carboxylic acid groups (broad SMARTS) is 1. The van der Waals surface area contributed by atoms with Crippen molar-refractivity contribution in [1.29, 1.82) is 0 Å². The zero-order chi connectivity index (χ0) is 16.7. The number of para-hydroxylation sites is 1. The molecule has 1 amide bonds. The molecular weight excluding hydrogens is 280 g/mol. The number of carboxylic acids is 1. The minimum Gasteiger partial charge on any atom is -0.480 e. The predicted octanol–water partition coefficient (Wildman–Crippen LogP) is 2.47.